The molecule has 2 rings (SSSR count). The third-order valence-electron chi connectivity index (χ3n) is 3.15. The molecule has 1 aromatic carbocycles. The first-order valence-corrected chi connectivity index (χ1v) is 7.51. The maximum atomic E-state index is 8.78. The van der Waals surface area contributed by atoms with Crippen molar-refractivity contribution in [3.05, 3.63) is 35.2 Å². The summed E-state index contributed by atoms with van der Waals surface area (Å²) in [6.07, 6.45) is 0.954. The van der Waals surface area contributed by atoms with E-state index in [0.29, 0.717) is 6.54 Å². The molecule has 1 N–H and O–H groups in total. The predicted octanol–water partition coefficient (Wildman–Crippen LogP) is 2.38. The first kappa shape index (κ1) is 14.5. The lowest BCUT2D eigenvalue weighted by atomic mass is 10.1. The molecule has 2 aromatic rings. The molecule has 1 aromatic heterocycles. The van der Waals surface area contributed by atoms with Crippen LogP contribution in [0.5, 0.6) is 0 Å². The van der Waals surface area contributed by atoms with Gasteiger partial charge >= 0.3 is 0 Å². The Kier molecular flexibility index (Phi) is 5.79. The monoisotopic (exact) mass is 279 g/mol. The summed E-state index contributed by atoms with van der Waals surface area (Å²) in [7, 11) is 1.99. The smallest absolute Gasteiger partial charge is 0.0593 e. The molecule has 0 atom stereocenters. The van der Waals surface area contributed by atoms with E-state index in [0.717, 1.165) is 26.2 Å². The molecular weight excluding hydrogens is 258 g/mol. The molecule has 104 valence electrons. The van der Waals surface area contributed by atoms with Crippen LogP contribution in [0.15, 0.2) is 29.6 Å². The molecule has 0 bridgehead atoms. The fourth-order valence-corrected chi connectivity index (χ4v) is 2.74. The molecule has 0 saturated heterocycles. The molecule has 1 heterocycles. The SMILES string of the molecule is CN(CCO)CCOCCc1ccc2sccc2c1. The van der Waals surface area contributed by atoms with E-state index in [2.05, 4.69) is 34.5 Å². The number of ether oxygens (including phenoxy) is 1. The summed E-state index contributed by atoms with van der Waals surface area (Å²) in [5.41, 5.74) is 1.33. The molecule has 0 fully saturated rings. The Hall–Kier alpha value is -0.940. The van der Waals surface area contributed by atoms with Gasteiger partial charge in [0.1, 0.15) is 0 Å². The molecule has 0 spiro atoms. The molecule has 0 aliphatic heterocycles. The zero-order valence-corrected chi connectivity index (χ0v) is 12.2. The Morgan fingerprint density at radius 3 is 2.95 bits per heavy atom. The number of benzene rings is 1. The number of fused-ring (bicyclic) bond motifs is 1. The number of hydrogen-bond donors (Lipinski definition) is 1. The van der Waals surface area contributed by atoms with Gasteiger partial charge in [0, 0.05) is 17.8 Å². The van der Waals surface area contributed by atoms with E-state index in [1.807, 2.05) is 7.05 Å². The van der Waals surface area contributed by atoms with Crippen molar-refractivity contribution in [2.24, 2.45) is 0 Å². The average Bonchev–Trinajstić information content (AvgIpc) is 2.86. The largest absolute Gasteiger partial charge is 0.395 e. The Morgan fingerprint density at radius 1 is 1.21 bits per heavy atom. The molecule has 4 heteroatoms. The second-order valence-electron chi connectivity index (χ2n) is 4.68. The van der Waals surface area contributed by atoms with Gasteiger partial charge in [-0.3, -0.25) is 0 Å². The van der Waals surface area contributed by atoms with Gasteiger partial charge in [-0.15, -0.1) is 11.3 Å². The zero-order chi connectivity index (χ0) is 13.5. The summed E-state index contributed by atoms with van der Waals surface area (Å²) in [6.45, 7) is 3.25. The molecular formula is C15H21NO2S. The van der Waals surface area contributed by atoms with Crippen LogP contribution >= 0.6 is 11.3 Å². The van der Waals surface area contributed by atoms with Crippen molar-refractivity contribution >= 4 is 21.4 Å². The van der Waals surface area contributed by atoms with Crippen LogP contribution in [0.1, 0.15) is 5.56 Å². The van der Waals surface area contributed by atoms with Gasteiger partial charge in [-0.2, -0.15) is 0 Å². The predicted molar refractivity (Wildman–Crippen MR) is 80.9 cm³/mol. The minimum Gasteiger partial charge on any atom is -0.395 e. The number of aliphatic hydroxyl groups is 1. The van der Waals surface area contributed by atoms with Crippen LogP contribution in [0.25, 0.3) is 10.1 Å². The van der Waals surface area contributed by atoms with E-state index in [1.165, 1.54) is 15.6 Å². The normalized spacial score (nSPS) is 11.5. The Bertz CT molecular complexity index is 498. The topological polar surface area (TPSA) is 32.7 Å². The summed E-state index contributed by atoms with van der Waals surface area (Å²) >= 11 is 1.78. The number of aliphatic hydroxyl groups excluding tert-OH is 1. The first-order chi connectivity index (χ1) is 9.29. The van der Waals surface area contributed by atoms with Gasteiger partial charge in [-0.05, 0) is 41.9 Å². The van der Waals surface area contributed by atoms with Gasteiger partial charge in [0.15, 0.2) is 0 Å². The molecule has 0 aliphatic carbocycles. The molecule has 0 unspecified atom stereocenters. The molecule has 0 radical (unpaired) electrons. The number of likely N-dealkylation sites (N-methyl/N-ethyl adjacent to an activating group) is 1. The molecule has 19 heavy (non-hydrogen) atoms. The third-order valence-corrected chi connectivity index (χ3v) is 4.05. The third kappa shape index (κ3) is 4.58. The Morgan fingerprint density at radius 2 is 2.11 bits per heavy atom. The highest BCUT2D eigenvalue weighted by Crippen LogP contribution is 2.21. The van der Waals surface area contributed by atoms with E-state index in [1.54, 1.807) is 11.3 Å². The second-order valence-corrected chi connectivity index (χ2v) is 5.63. The number of nitrogens with zero attached hydrogens (tertiary/aromatic N) is 1. The van der Waals surface area contributed by atoms with E-state index < -0.39 is 0 Å². The number of thiophene rings is 1. The van der Waals surface area contributed by atoms with E-state index in [4.69, 9.17) is 9.84 Å². The van der Waals surface area contributed by atoms with Gasteiger partial charge < -0.3 is 14.7 Å². The van der Waals surface area contributed by atoms with Crippen LogP contribution in [0.2, 0.25) is 0 Å². The van der Waals surface area contributed by atoms with Gasteiger partial charge in [0.2, 0.25) is 0 Å². The fourth-order valence-electron chi connectivity index (χ4n) is 1.97. The standard InChI is InChI=1S/C15H21NO2S/c1-16(6-8-17)7-10-18-9-4-13-2-3-15-14(12-13)5-11-19-15/h2-3,5,11-12,17H,4,6-10H2,1H3. The van der Waals surface area contributed by atoms with Crippen molar-refractivity contribution < 1.29 is 9.84 Å². The van der Waals surface area contributed by atoms with Crippen LogP contribution in [-0.2, 0) is 11.2 Å². The highest BCUT2D eigenvalue weighted by Gasteiger charge is 1.99. The summed E-state index contributed by atoms with van der Waals surface area (Å²) in [5, 5.41) is 12.2. The minimum absolute atomic E-state index is 0.206. The van der Waals surface area contributed by atoms with Gasteiger partial charge in [-0.25, -0.2) is 0 Å². The molecule has 3 nitrogen and oxygen atoms in total. The Labute approximate surface area is 118 Å². The zero-order valence-electron chi connectivity index (χ0n) is 11.3. The van der Waals surface area contributed by atoms with E-state index in [-0.39, 0.29) is 6.61 Å². The lowest BCUT2D eigenvalue weighted by Gasteiger charge is -2.14. The van der Waals surface area contributed by atoms with E-state index >= 15 is 0 Å². The maximum absolute atomic E-state index is 8.78. The maximum Gasteiger partial charge on any atom is 0.0593 e. The second kappa shape index (κ2) is 7.60. The lowest BCUT2D eigenvalue weighted by molar-refractivity contribution is 0.107. The van der Waals surface area contributed by atoms with Gasteiger partial charge in [0.05, 0.1) is 19.8 Å². The van der Waals surface area contributed by atoms with Crippen molar-refractivity contribution in [2.45, 2.75) is 6.42 Å². The molecule has 0 saturated carbocycles. The van der Waals surface area contributed by atoms with Gasteiger partial charge in [-0.1, -0.05) is 12.1 Å². The summed E-state index contributed by atoms with van der Waals surface area (Å²) in [6, 6.07) is 8.77. The van der Waals surface area contributed by atoms with Crippen molar-refractivity contribution in [1.82, 2.24) is 4.90 Å². The Balaban J connectivity index is 1.68. The number of rotatable bonds is 8. The summed E-state index contributed by atoms with van der Waals surface area (Å²) < 4.78 is 6.97. The fraction of sp³-hybridized carbons (Fsp3) is 0.467. The van der Waals surface area contributed by atoms with Crippen LogP contribution in [-0.4, -0.2) is 50.0 Å². The summed E-state index contributed by atoms with van der Waals surface area (Å²) in [4.78, 5) is 2.07. The van der Waals surface area contributed by atoms with Crippen LogP contribution in [0.3, 0.4) is 0 Å². The van der Waals surface area contributed by atoms with Crippen molar-refractivity contribution in [3.63, 3.8) is 0 Å². The highest BCUT2D eigenvalue weighted by atomic mass is 32.1. The van der Waals surface area contributed by atoms with Crippen LogP contribution in [0.4, 0.5) is 0 Å². The van der Waals surface area contributed by atoms with E-state index in [9.17, 15) is 0 Å². The van der Waals surface area contributed by atoms with Gasteiger partial charge in [0.25, 0.3) is 0 Å². The van der Waals surface area contributed by atoms with Crippen LogP contribution < -0.4 is 0 Å². The quantitative estimate of drug-likeness (QED) is 0.753. The van der Waals surface area contributed by atoms with Crippen molar-refractivity contribution in [1.29, 1.82) is 0 Å². The highest BCUT2D eigenvalue weighted by molar-refractivity contribution is 7.17. The van der Waals surface area contributed by atoms with Crippen molar-refractivity contribution in [2.75, 3.05) is 40.0 Å². The lowest BCUT2D eigenvalue weighted by Crippen LogP contribution is -2.26. The molecule has 0 amide bonds. The average molecular weight is 279 g/mol. The van der Waals surface area contributed by atoms with Crippen molar-refractivity contribution in [3.8, 4) is 0 Å². The number of hydrogen-bond acceptors (Lipinski definition) is 4. The minimum atomic E-state index is 0.206. The molecule has 0 aliphatic rings. The van der Waals surface area contributed by atoms with Crippen LogP contribution in [0, 0.1) is 0 Å². The first-order valence-electron chi connectivity index (χ1n) is 6.63. The summed E-state index contributed by atoms with van der Waals surface area (Å²) in [5.74, 6) is 0.